The minimum atomic E-state index is -0.676. The molecule has 2 aromatic carbocycles. The average molecular weight is 438 g/mol. The van der Waals surface area contributed by atoms with Gasteiger partial charge in [0.05, 0.1) is 10.7 Å². The molecule has 2 heterocycles. The van der Waals surface area contributed by atoms with Gasteiger partial charge in [-0.3, -0.25) is 9.88 Å². The first-order valence-corrected chi connectivity index (χ1v) is 11.1. The van der Waals surface area contributed by atoms with E-state index in [1.807, 2.05) is 64.5 Å². The van der Waals surface area contributed by atoms with Crippen LogP contribution in [0, 0.1) is 0 Å². The van der Waals surface area contributed by atoms with E-state index in [9.17, 15) is 5.11 Å². The van der Waals surface area contributed by atoms with Crippen LogP contribution in [0.5, 0.6) is 0 Å². The molecule has 0 saturated heterocycles. The largest absolute Gasteiger partial charge is 0.374 e. The lowest BCUT2D eigenvalue weighted by atomic mass is 9.79. The summed E-state index contributed by atoms with van der Waals surface area (Å²) in [5.41, 5.74) is 1.72. The number of rotatable bonds is 6. The quantitative estimate of drug-likeness (QED) is 0.432. The molecule has 30 heavy (non-hydrogen) atoms. The number of thiazole rings is 1. The summed E-state index contributed by atoms with van der Waals surface area (Å²) in [5, 5.41) is 26.1. The molecule has 4 aromatic rings. The van der Waals surface area contributed by atoms with Crippen molar-refractivity contribution in [3.8, 4) is 16.5 Å². The Balaban J connectivity index is 1.39. The molecule has 1 atom stereocenters. The van der Waals surface area contributed by atoms with Crippen molar-refractivity contribution in [1.82, 2.24) is 25.1 Å². The van der Waals surface area contributed by atoms with Crippen molar-refractivity contribution in [3.63, 3.8) is 0 Å². The number of hydrogen-bond acceptors (Lipinski definition) is 6. The molecular weight excluding hydrogens is 418 g/mol. The van der Waals surface area contributed by atoms with E-state index in [1.54, 1.807) is 6.20 Å². The van der Waals surface area contributed by atoms with Crippen LogP contribution in [0.3, 0.4) is 0 Å². The van der Waals surface area contributed by atoms with E-state index in [2.05, 4.69) is 20.5 Å². The van der Waals surface area contributed by atoms with Gasteiger partial charge in [-0.2, -0.15) is 0 Å². The number of hydrogen-bond donors (Lipinski definition) is 2. The number of nitrogens with zero attached hydrogens (tertiary/aromatic N) is 4. The molecule has 0 bridgehead atoms. The zero-order chi connectivity index (χ0) is 20.5. The van der Waals surface area contributed by atoms with Crippen LogP contribution in [0.25, 0.3) is 16.5 Å². The molecule has 6 nitrogen and oxygen atoms in total. The fourth-order valence-electron chi connectivity index (χ4n) is 3.82. The third kappa shape index (κ3) is 3.65. The second-order valence-corrected chi connectivity index (χ2v) is 8.65. The molecular formula is C22H20ClN5OS. The SMILES string of the molecule is OC(N[C@H]1C[C@H](c2nnc(-c3nccs3)n2-c2ccccc2Cl)C1)c1ccccc1. The summed E-state index contributed by atoms with van der Waals surface area (Å²) in [5.74, 6) is 1.80. The lowest BCUT2D eigenvalue weighted by Gasteiger charge is -2.37. The molecule has 8 heteroatoms. The maximum absolute atomic E-state index is 10.4. The first-order valence-electron chi connectivity index (χ1n) is 9.80. The van der Waals surface area contributed by atoms with Gasteiger partial charge in [0, 0.05) is 23.5 Å². The van der Waals surface area contributed by atoms with Gasteiger partial charge in [0.1, 0.15) is 12.1 Å². The van der Waals surface area contributed by atoms with Gasteiger partial charge in [0.2, 0.25) is 0 Å². The molecule has 1 aliphatic carbocycles. The average Bonchev–Trinajstić information content (AvgIpc) is 3.41. The zero-order valence-electron chi connectivity index (χ0n) is 16.0. The highest BCUT2D eigenvalue weighted by Gasteiger charge is 2.36. The molecule has 5 rings (SSSR count). The second-order valence-electron chi connectivity index (χ2n) is 7.35. The lowest BCUT2D eigenvalue weighted by Crippen LogP contribution is -2.42. The number of aliphatic hydroxyl groups is 1. The summed E-state index contributed by atoms with van der Waals surface area (Å²) < 4.78 is 2.02. The van der Waals surface area contributed by atoms with Crippen molar-refractivity contribution >= 4 is 22.9 Å². The first-order chi connectivity index (χ1) is 14.7. The van der Waals surface area contributed by atoms with Crippen LogP contribution >= 0.6 is 22.9 Å². The molecule has 1 saturated carbocycles. The van der Waals surface area contributed by atoms with E-state index >= 15 is 0 Å². The van der Waals surface area contributed by atoms with Gasteiger partial charge in [-0.25, -0.2) is 4.98 Å². The Kier molecular flexibility index (Phi) is 5.35. The van der Waals surface area contributed by atoms with E-state index in [4.69, 9.17) is 11.6 Å². The van der Waals surface area contributed by atoms with Crippen LogP contribution in [0.2, 0.25) is 5.02 Å². The molecule has 0 radical (unpaired) electrons. The van der Waals surface area contributed by atoms with Gasteiger partial charge < -0.3 is 5.11 Å². The van der Waals surface area contributed by atoms with Crippen LogP contribution in [-0.2, 0) is 0 Å². The molecule has 2 N–H and O–H groups in total. The molecule has 1 unspecified atom stereocenters. The van der Waals surface area contributed by atoms with Gasteiger partial charge in [-0.15, -0.1) is 21.5 Å². The zero-order valence-corrected chi connectivity index (χ0v) is 17.6. The maximum atomic E-state index is 10.4. The minimum Gasteiger partial charge on any atom is -0.374 e. The van der Waals surface area contributed by atoms with Crippen LogP contribution in [0.15, 0.2) is 66.2 Å². The van der Waals surface area contributed by atoms with E-state index in [-0.39, 0.29) is 12.0 Å². The highest BCUT2D eigenvalue weighted by atomic mass is 35.5. The first kappa shape index (κ1) is 19.4. The van der Waals surface area contributed by atoms with Gasteiger partial charge in [0.25, 0.3) is 0 Å². The number of aromatic nitrogens is 4. The maximum Gasteiger partial charge on any atom is 0.197 e. The van der Waals surface area contributed by atoms with Crippen molar-refractivity contribution in [2.45, 2.75) is 31.0 Å². The van der Waals surface area contributed by atoms with Crippen LogP contribution < -0.4 is 5.32 Å². The smallest absolute Gasteiger partial charge is 0.197 e. The van der Waals surface area contributed by atoms with Crippen LogP contribution in [0.4, 0.5) is 0 Å². The Morgan fingerprint density at radius 1 is 1.07 bits per heavy atom. The second kappa shape index (κ2) is 8.28. The predicted molar refractivity (Wildman–Crippen MR) is 118 cm³/mol. The van der Waals surface area contributed by atoms with Crippen molar-refractivity contribution < 1.29 is 5.11 Å². The molecule has 1 fully saturated rings. The summed E-state index contributed by atoms with van der Waals surface area (Å²) in [6, 6.07) is 17.6. The Morgan fingerprint density at radius 3 is 2.57 bits per heavy atom. The summed E-state index contributed by atoms with van der Waals surface area (Å²) in [4.78, 5) is 4.41. The molecule has 0 spiro atoms. The summed E-state index contributed by atoms with van der Waals surface area (Å²) >= 11 is 8.04. The lowest BCUT2D eigenvalue weighted by molar-refractivity contribution is 0.0966. The summed E-state index contributed by atoms with van der Waals surface area (Å²) in [6.45, 7) is 0. The Hall–Kier alpha value is -2.58. The Bertz CT molecular complexity index is 1130. The number of para-hydroxylation sites is 1. The van der Waals surface area contributed by atoms with Crippen molar-refractivity contribution in [2.75, 3.05) is 0 Å². The minimum absolute atomic E-state index is 0.213. The van der Waals surface area contributed by atoms with E-state index in [1.165, 1.54) is 11.3 Å². The van der Waals surface area contributed by atoms with Crippen molar-refractivity contribution in [2.24, 2.45) is 0 Å². The van der Waals surface area contributed by atoms with Crippen molar-refractivity contribution in [3.05, 3.63) is 82.6 Å². The number of aliphatic hydroxyl groups excluding tert-OH is 1. The van der Waals surface area contributed by atoms with E-state index < -0.39 is 6.23 Å². The molecule has 1 aliphatic rings. The van der Waals surface area contributed by atoms with Gasteiger partial charge in [0.15, 0.2) is 10.8 Å². The molecule has 0 aliphatic heterocycles. The molecule has 2 aromatic heterocycles. The Labute approximate surface area is 183 Å². The fraction of sp³-hybridized carbons (Fsp3) is 0.227. The third-order valence-corrected chi connectivity index (χ3v) is 6.51. The third-order valence-electron chi connectivity index (χ3n) is 5.42. The van der Waals surface area contributed by atoms with Crippen LogP contribution in [-0.4, -0.2) is 30.9 Å². The highest BCUT2D eigenvalue weighted by molar-refractivity contribution is 7.13. The number of nitrogens with one attached hydrogen (secondary N) is 1. The van der Waals surface area contributed by atoms with Crippen molar-refractivity contribution in [1.29, 1.82) is 0 Å². The Morgan fingerprint density at radius 2 is 1.83 bits per heavy atom. The number of benzene rings is 2. The molecule has 152 valence electrons. The molecule has 0 amide bonds. The van der Waals surface area contributed by atoms with E-state index in [0.29, 0.717) is 10.8 Å². The standard InChI is InChI=1S/C22H20ClN5OS/c23-17-8-4-5-9-18(17)28-19(26-27-20(28)22-24-10-11-30-22)15-12-16(13-15)25-21(29)14-6-2-1-3-7-14/h1-11,15-16,21,25,29H,12-13H2/t15-,16-,21?. The monoisotopic (exact) mass is 437 g/mol. The van der Waals surface area contributed by atoms with Gasteiger partial charge in [-0.05, 0) is 30.5 Å². The summed E-state index contributed by atoms with van der Waals surface area (Å²) in [6.07, 6.45) is 2.82. The fourth-order valence-corrected chi connectivity index (χ4v) is 4.65. The predicted octanol–water partition coefficient (Wildman–Crippen LogP) is 4.57. The summed E-state index contributed by atoms with van der Waals surface area (Å²) in [7, 11) is 0. The van der Waals surface area contributed by atoms with Crippen LogP contribution in [0.1, 0.15) is 36.4 Å². The highest BCUT2D eigenvalue weighted by Crippen LogP contribution is 2.40. The topological polar surface area (TPSA) is 75.9 Å². The number of halogens is 1. The van der Waals surface area contributed by atoms with Gasteiger partial charge >= 0.3 is 0 Å². The normalized spacial score (nSPS) is 19.4. The van der Waals surface area contributed by atoms with E-state index in [0.717, 1.165) is 34.9 Å². The van der Waals surface area contributed by atoms with Gasteiger partial charge in [-0.1, -0.05) is 54.1 Å².